The maximum Gasteiger partial charge on any atom is 0.243 e. The highest BCUT2D eigenvalue weighted by Gasteiger charge is 2.30. The molecular formula is C22H36IN5O3S. The van der Waals surface area contributed by atoms with E-state index in [1.165, 1.54) is 0 Å². The minimum atomic E-state index is -3.36. The van der Waals surface area contributed by atoms with Gasteiger partial charge in [0.25, 0.3) is 0 Å². The topological polar surface area (TPSA) is 77.5 Å². The third-order valence-electron chi connectivity index (χ3n) is 6.40. The summed E-state index contributed by atoms with van der Waals surface area (Å²) in [6.45, 7) is 10.4. The van der Waals surface area contributed by atoms with Crippen molar-refractivity contribution in [2.45, 2.75) is 43.7 Å². The number of nitrogens with one attached hydrogen (secondary N) is 1. The van der Waals surface area contributed by atoms with Crippen molar-refractivity contribution in [3.05, 3.63) is 29.8 Å². The molecule has 0 bridgehead atoms. The van der Waals surface area contributed by atoms with E-state index in [0.29, 0.717) is 30.6 Å². The molecule has 1 atom stereocenters. The molecule has 8 nitrogen and oxygen atoms in total. The molecule has 3 heterocycles. The lowest BCUT2D eigenvalue weighted by Gasteiger charge is -2.32. The Labute approximate surface area is 209 Å². The van der Waals surface area contributed by atoms with Gasteiger partial charge in [-0.1, -0.05) is 12.1 Å². The van der Waals surface area contributed by atoms with E-state index in [1.54, 1.807) is 16.4 Å². The first-order valence-corrected chi connectivity index (χ1v) is 13.0. The van der Waals surface area contributed by atoms with Crippen molar-refractivity contribution in [2.24, 2.45) is 4.99 Å². The fourth-order valence-electron chi connectivity index (χ4n) is 4.61. The summed E-state index contributed by atoms with van der Waals surface area (Å²) in [6, 6.07) is 7.77. The van der Waals surface area contributed by atoms with Gasteiger partial charge in [-0.3, -0.25) is 4.90 Å². The first kappa shape index (κ1) is 25.7. The van der Waals surface area contributed by atoms with Crippen LogP contribution in [0.15, 0.2) is 34.2 Å². The van der Waals surface area contributed by atoms with Crippen LogP contribution in [-0.4, -0.2) is 93.6 Å². The third kappa shape index (κ3) is 6.13. The fraction of sp³-hybridized carbons (Fsp3) is 0.682. The van der Waals surface area contributed by atoms with E-state index in [-0.39, 0.29) is 24.0 Å². The second kappa shape index (κ2) is 12.0. The average Bonchev–Trinajstić information content (AvgIpc) is 3.50. The molecule has 4 rings (SSSR count). The van der Waals surface area contributed by atoms with Gasteiger partial charge in [-0.2, -0.15) is 4.31 Å². The van der Waals surface area contributed by atoms with E-state index in [4.69, 9.17) is 9.73 Å². The normalized spacial score (nSPS) is 23.3. The molecule has 0 saturated carbocycles. The molecule has 0 amide bonds. The van der Waals surface area contributed by atoms with Crippen LogP contribution in [0, 0.1) is 0 Å². The highest BCUT2D eigenvalue weighted by molar-refractivity contribution is 14.0. The van der Waals surface area contributed by atoms with Crippen LogP contribution in [0.3, 0.4) is 0 Å². The van der Waals surface area contributed by atoms with E-state index < -0.39 is 10.0 Å². The molecule has 1 unspecified atom stereocenters. The molecule has 1 aromatic carbocycles. The van der Waals surface area contributed by atoms with Crippen LogP contribution in [0.2, 0.25) is 0 Å². The van der Waals surface area contributed by atoms with E-state index in [2.05, 4.69) is 22.0 Å². The largest absolute Gasteiger partial charge is 0.379 e. The number of hydrogen-bond acceptors (Lipinski definition) is 5. The number of likely N-dealkylation sites (tertiary alicyclic amines) is 1. The molecule has 0 radical (unpaired) electrons. The van der Waals surface area contributed by atoms with Crippen LogP contribution in [-0.2, 0) is 21.3 Å². The lowest BCUT2D eigenvalue weighted by Crippen LogP contribution is -2.46. The van der Waals surface area contributed by atoms with E-state index >= 15 is 0 Å². The summed E-state index contributed by atoms with van der Waals surface area (Å²) in [6.07, 6.45) is 3.04. The van der Waals surface area contributed by atoms with Gasteiger partial charge in [0, 0.05) is 51.9 Å². The van der Waals surface area contributed by atoms with Gasteiger partial charge in [0.2, 0.25) is 10.0 Å². The smallest absolute Gasteiger partial charge is 0.243 e. The van der Waals surface area contributed by atoms with Crippen molar-refractivity contribution >= 4 is 40.0 Å². The quantitative estimate of drug-likeness (QED) is 0.317. The summed E-state index contributed by atoms with van der Waals surface area (Å²) in [7, 11) is -3.36. The number of sulfonamides is 1. The first-order valence-electron chi connectivity index (χ1n) is 11.5. The number of nitrogens with zero attached hydrogens (tertiary/aromatic N) is 4. The first-order chi connectivity index (χ1) is 15.1. The molecule has 0 spiro atoms. The van der Waals surface area contributed by atoms with Gasteiger partial charge in [-0.05, 0) is 43.9 Å². The maximum absolute atomic E-state index is 12.7. The van der Waals surface area contributed by atoms with Crippen molar-refractivity contribution in [2.75, 3.05) is 59.0 Å². The molecule has 3 fully saturated rings. The van der Waals surface area contributed by atoms with Gasteiger partial charge in [-0.15, -0.1) is 24.0 Å². The fourth-order valence-corrected chi connectivity index (χ4v) is 6.13. The van der Waals surface area contributed by atoms with Crippen molar-refractivity contribution in [3.63, 3.8) is 0 Å². The van der Waals surface area contributed by atoms with Crippen LogP contribution in [0.4, 0.5) is 0 Å². The Balaban J connectivity index is 0.00000289. The zero-order chi connectivity index (χ0) is 21.7. The minimum absolute atomic E-state index is 0. The number of guanidine groups is 1. The van der Waals surface area contributed by atoms with Gasteiger partial charge in [0.15, 0.2) is 5.96 Å². The predicted octanol–water partition coefficient (Wildman–Crippen LogP) is 1.96. The average molecular weight is 578 g/mol. The van der Waals surface area contributed by atoms with Crippen molar-refractivity contribution < 1.29 is 13.2 Å². The molecule has 3 aliphatic rings. The minimum Gasteiger partial charge on any atom is -0.379 e. The molecule has 1 aromatic rings. The summed E-state index contributed by atoms with van der Waals surface area (Å²) in [4.78, 5) is 10.1. The van der Waals surface area contributed by atoms with Crippen molar-refractivity contribution in [1.29, 1.82) is 0 Å². The number of morpholine rings is 1. The van der Waals surface area contributed by atoms with Crippen molar-refractivity contribution in [3.8, 4) is 0 Å². The van der Waals surface area contributed by atoms with Crippen LogP contribution in [0.25, 0.3) is 0 Å². The number of ether oxygens (including phenoxy) is 1. The Hall–Kier alpha value is -0.950. The monoisotopic (exact) mass is 577 g/mol. The van der Waals surface area contributed by atoms with Crippen LogP contribution in [0.1, 0.15) is 31.7 Å². The number of rotatable bonds is 6. The lowest BCUT2D eigenvalue weighted by atomic mass is 10.2. The number of aliphatic imine (C=N–C) groups is 1. The number of benzene rings is 1. The molecule has 3 saturated heterocycles. The van der Waals surface area contributed by atoms with E-state index in [0.717, 1.165) is 76.7 Å². The highest BCUT2D eigenvalue weighted by atomic mass is 127. The number of halogens is 1. The molecule has 1 N–H and O–H groups in total. The lowest BCUT2D eigenvalue weighted by molar-refractivity contribution is 0.0195. The SMILES string of the molecule is CCNC(=NCc1ccc(S(=O)(=O)N2CCCC2)cc1)N1CCC(N2CCOCC2)C1.I. The Morgan fingerprint density at radius 1 is 1.09 bits per heavy atom. The summed E-state index contributed by atoms with van der Waals surface area (Å²) < 4.78 is 32.5. The van der Waals surface area contributed by atoms with Gasteiger partial charge >= 0.3 is 0 Å². The molecule has 3 aliphatic heterocycles. The Morgan fingerprint density at radius 2 is 1.78 bits per heavy atom. The Kier molecular flexibility index (Phi) is 9.59. The summed E-state index contributed by atoms with van der Waals surface area (Å²) in [5, 5.41) is 3.42. The zero-order valence-corrected chi connectivity index (χ0v) is 22.1. The van der Waals surface area contributed by atoms with Gasteiger partial charge < -0.3 is 15.0 Å². The van der Waals surface area contributed by atoms with Crippen LogP contribution in [0.5, 0.6) is 0 Å². The van der Waals surface area contributed by atoms with Gasteiger partial charge in [0.1, 0.15) is 0 Å². The van der Waals surface area contributed by atoms with Gasteiger partial charge in [0.05, 0.1) is 24.7 Å². The van der Waals surface area contributed by atoms with Crippen LogP contribution < -0.4 is 5.32 Å². The summed E-state index contributed by atoms with van der Waals surface area (Å²) >= 11 is 0. The number of hydrogen-bond donors (Lipinski definition) is 1. The molecule has 32 heavy (non-hydrogen) atoms. The molecule has 0 aromatic heterocycles. The van der Waals surface area contributed by atoms with E-state index in [9.17, 15) is 8.42 Å². The summed E-state index contributed by atoms with van der Waals surface area (Å²) in [5.41, 5.74) is 1.01. The second-order valence-corrected chi connectivity index (χ2v) is 10.4. The zero-order valence-electron chi connectivity index (χ0n) is 18.9. The standard InChI is InChI=1S/C22H35N5O3S.HI/c1-2-23-22(26-12-9-20(18-26)25-13-15-30-16-14-25)24-17-19-5-7-21(8-6-19)31(28,29)27-10-3-4-11-27;/h5-8,20H,2-4,9-18H2,1H3,(H,23,24);1H. The van der Waals surface area contributed by atoms with Crippen molar-refractivity contribution in [1.82, 2.24) is 19.4 Å². The molecular weight excluding hydrogens is 541 g/mol. The Bertz CT molecular complexity index is 853. The van der Waals surface area contributed by atoms with Gasteiger partial charge in [-0.25, -0.2) is 13.4 Å². The third-order valence-corrected chi connectivity index (χ3v) is 8.31. The maximum atomic E-state index is 12.7. The Morgan fingerprint density at radius 3 is 2.44 bits per heavy atom. The molecule has 10 heteroatoms. The molecule has 180 valence electrons. The second-order valence-electron chi connectivity index (χ2n) is 8.46. The molecule has 0 aliphatic carbocycles. The summed E-state index contributed by atoms with van der Waals surface area (Å²) in [5.74, 6) is 0.937. The predicted molar refractivity (Wildman–Crippen MR) is 137 cm³/mol. The van der Waals surface area contributed by atoms with Crippen LogP contribution >= 0.6 is 24.0 Å². The van der Waals surface area contributed by atoms with E-state index in [1.807, 2.05) is 12.1 Å². The highest BCUT2D eigenvalue weighted by Crippen LogP contribution is 2.21.